The van der Waals surface area contributed by atoms with Gasteiger partial charge in [0, 0.05) is 179 Å². The van der Waals surface area contributed by atoms with Crippen molar-refractivity contribution >= 4 is 98.2 Å². The normalized spacial score (nSPS) is 15.1. The zero-order valence-corrected chi connectivity index (χ0v) is 78.8. The summed E-state index contributed by atoms with van der Waals surface area (Å²) in [5.74, 6) is -0.297. The zero-order chi connectivity index (χ0) is 94.9. The van der Waals surface area contributed by atoms with Gasteiger partial charge in [0.2, 0.25) is 5.91 Å². The van der Waals surface area contributed by atoms with Gasteiger partial charge in [0.05, 0.1) is 0 Å². The number of aryl methyl sites for hydroxylation is 1. The summed E-state index contributed by atoms with van der Waals surface area (Å²) in [4.78, 5) is 74.4. The summed E-state index contributed by atoms with van der Waals surface area (Å²) >= 11 is 0. The number of anilines is 12. The zero-order valence-electron chi connectivity index (χ0n) is 78.8. The molecular formula is C105H142N18O7. The molecule has 3 aliphatic heterocycles. The number of nitrogen functional groups attached to an aromatic ring is 10. The van der Waals surface area contributed by atoms with Crippen molar-refractivity contribution in [2.75, 3.05) is 102 Å². The smallest absolute Gasteiger partial charge is 0.417 e. The number of piperazine rings is 1. The number of piperidine rings is 2. The van der Waals surface area contributed by atoms with Crippen molar-refractivity contribution in [3.05, 3.63) is 287 Å². The van der Waals surface area contributed by atoms with Gasteiger partial charge in [-0.3, -0.25) is 19.3 Å². The van der Waals surface area contributed by atoms with E-state index in [9.17, 15) is 24.0 Å². The molecule has 130 heavy (non-hydrogen) atoms. The monoisotopic (exact) mass is 1770 g/mol. The molecule has 10 aromatic rings. The topological polar surface area (TPSA) is 408 Å². The Kier molecular flexibility index (Phi) is 35.1. The minimum atomic E-state index is -0.666. The van der Waals surface area contributed by atoms with Crippen LogP contribution in [0.15, 0.2) is 243 Å². The number of carbonyl (C=O) groups is 5. The molecule has 22 N–H and O–H groups in total. The summed E-state index contributed by atoms with van der Waals surface area (Å²) in [5, 5.41) is 7.57. The van der Waals surface area contributed by atoms with Crippen LogP contribution in [0.2, 0.25) is 0 Å². The summed E-state index contributed by atoms with van der Waals surface area (Å²) in [7, 11) is 0. The second-order valence-electron chi connectivity index (χ2n) is 38.9. The third kappa shape index (κ3) is 33.6. The SMILES string of the molecule is CC(C)(C)OC(=O)N(CCc1ccc(N)cc1)C(=O)CCCc1ccc(N)cc1.CC(C)(C)OC(=O)N(CCc1ccc(N)cc1)Cc1ccc(N)cc1.CC1(C)CC(N(Cc2ccc(N)cc2)Cc2ccc(N)cc2)CC(C)(C)N1.CC1(C)CC(N(c2ccc(N)cc2)c2ccc(N)cc2)CC(C)(C)N1.Nc1ccc(C(=O)N2CCN(C(=O)c3ccc(N)cc3)CC2)cc1. The molecule has 3 heterocycles. The molecule has 5 amide bonds. The number of nitrogens with one attached hydrogen (secondary N) is 2. The summed E-state index contributed by atoms with van der Waals surface area (Å²) in [6.45, 7) is 34.5. The predicted molar refractivity (Wildman–Crippen MR) is 535 cm³/mol. The van der Waals surface area contributed by atoms with E-state index >= 15 is 0 Å². The van der Waals surface area contributed by atoms with Crippen LogP contribution in [0.5, 0.6) is 0 Å². The van der Waals surface area contributed by atoms with E-state index in [4.69, 9.17) is 66.8 Å². The number of hydrogen-bond donors (Lipinski definition) is 12. The first-order chi connectivity index (χ1) is 61.2. The summed E-state index contributed by atoms with van der Waals surface area (Å²) in [6.07, 6.45) is 6.38. The number of nitrogens with zero attached hydrogens (tertiary/aromatic N) is 6. The Hall–Kier alpha value is -13.0. The first-order valence-corrected chi connectivity index (χ1v) is 44.9. The third-order valence-electron chi connectivity index (χ3n) is 22.5. The molecule has 0 bridgehead atoms. The van der Waals surface area contributed by atoms with Gasteiger partial charge in [0.1, 0.15) is 11.2 Å². The lowest BCUT2D eigenvalue weighted by Crippen LogP contribution is -2.62. The molecular weight excluding hydrogens is 1630 g/mol. The maximum Gasteiger partial charge on any atom is 0.417 e. The number of nitrogens with two attached hydrogens (primary N) is 10. The number of benzene rings is 10. The molecule has 10 aromatic carbocycles. The highest BCUT2D eigenvalue weighted by Crippen LogP contribution is 2.40. The quantitative estimate of drug-likeness (QED) is 0.0280. The lowest BCUT2D eigenvalue weighted by Gasteiger charge is -2.50. The van der Waals surface area contributed by atoms with Crippen molar-refractivity contribution in [3.63, 3.8) is 0 Å². The van der Waals surface area contributed by atoms with Crippen molar-refractivity contribution in [1.82, 2.24) is 35.1 Å². The molecule has 0 radical (unpaired) electrons. The van der Waals surface area contributed by atoms with Crippen LogP contribution in [-0.4, -0.2) is 139 Å². The van der Waals surface area contributed by atoms with Gasteiger partial charge in [-0.05, 0) is 352 Å². The number of imide groups is 1. The van der Waals surface area contributed by atoms with Crippen molar-refractivity contribution < 1.29 is 33.4 Å². The van der Waals surface area contributed by atoms with Crippen LogP contribution in [0.25, 0.3) is 0 Å². The Morgan fingerprint density at radius 1 is 0.338 bits per heavy atom. The Morgan fingerprint density at radius 2 is 0.600 bits per heavy atom. The van der Waals surface area contributed by atoms with Crippen LogP contribution in [0.3, 0.4) is 0 Å². The molecule has 3 fully saturated rings. The molecule has 25 heteroatoms. The molecule has 0 saturated carbocycles. The average Bonchev–Trinajstić information content (AvgIpc) is 0.824. The van der Waals surface area contributed by atoms with Crippen LogP contribution in [0, 0.1) is 0 Å². The van der Waals surface area contributed by atoms with E-state index in [2.05, 4.69) is 124 Å². The van der Waals surface area contributed by atoms with Gasteiger partial charge in [0.25, 0.3) is 11.8 Å². The van der Waals surface area contributed by atoms with E-state index in [1.165, 1.54) is 16.0 Å². The summed E-state index contributed by atoms with van der Waals surface area (Å²) in [6, 6.07) is 77.7. The van der Waals surface area contributed by atoms with Crippen molar-refractivity contribution in [1.29, 1.82) is 0 Å². The molecule has 0 aromatic heterocycles. The maximum absolute atomic E-state index is 12.8. The predicted octanol–water partition coefficient (Wildman–Crippen LogP) is 17.9. The molecule has 694 valence electrons. The Morgan fingerprint density at radius 3 is 0.915 bits per heavy atom. The second kappa shape index (κ2) is 45.3. The van der Waals surface area contributed by atoms with Gasteiger partial charge in [-0.1, -0.05) is 72.8 Å². The number of hydrogen-bond acceptors (Lipinski definition) is 21. The molecule has 25 nitrogen and oxygen atoms in total. The highest BCUT2D eigenvalue weighted by atomic mass is 16.6. The minimum absolute atomic E-state index is 0.0328. The Balaban J connectivity index is 0.000000183. The highest BCUT2D eigenvalue weighted by molar-refractivity contribution is 5.96. The van der Waals surface area contributed by atoms with E-state index in [0.717, 1.165) is 114 Å². The van der Waals surface area contributed by atoms with E-state index in [0.29, 0.717) is 104 Å². The average molecular weight is 1770 g/mol. The van der Waals surface area contributed by atoms with E-state index in [-0.39, 0.29) is 58.9 Å². The Bertz CT molecular complexity index is 5040. The third-order valence-corrected chi connectivity index (χ3v) is 22.5. The van der Waals surface area contributed by atoms with Gasteiger partial charge in [-0.15, -0.1) is 0 Å². The van der Waals surface area contributed by atoms with Gasteiger partial charge in [-0.2, -0.15) is 0 Å². The molecule has 3 aliphatic rings. The van der Waals surface area contributed by atoms with Crippen LogP contribution < -0.4 is 72.9 Å². The van der Waals surface area contributed by atoms with Crippen LogP contribution >= 0.6 is 0 Å². The molecule has 0 unspecified atom stereocenters. The van der Waals surface area contributed by atoms with Gasteiger partial charge >= 0.3 is 12.2 Å². The standard InChI is InChI=1S/C23H34N4.C23H31N3O3.C21H30N4.C20H27N3O2.C18H20N4O2/c1-22(2)13-21(14-23(3,4)26-22)27(15-17-5-9-19(24)10-6-17)16-18-7-11-20(25)12-8-18;1-23(2,3)29-22(28)26(16-15-18-9-13-20(25)14-10-18)21(27)6-4-5-17-7-11-19(24)12-8-17;1-20(2)13-19(14-21(3,4)24-20)25(17-9-5-15(22)6-10-17)18-11-7-16(23)8-12-18;1-20(2,3)25-19(24)23(14-16-6-10-18(22)11-7-16)13-12-15-4-8-17(21)9-5-15;19-15-5-1-13(2-6-15)17(23)21-9-11-22(12-10-21)18(24)14-3-7-16(20)8-4-14/h5-12,21,26H,13-16,24-25H2,1-4H3;7-14H,4-6,15-16,24-25H2,1-3H3;5-12,19,24H,13-14,22-23H2,1-4H3;4-11H,12-14,21-22H2,1-3H3;1-8H,9-12,19-20H2. The van der Waals surface area contributed by atoms with Crippen molar-refractivity contribution in [2.45, 2.75) is 220 Å². The lowest BCUT2D eigenvalue weighted by atomic mass is 9.78. The van der Waals surface area contributed by atoms with Crippen LogP contribution in [-0.2, 0) is 53.2 Å². The first-order valence-electron chi connectivity index (χ1n) is 44.9. The molecule has 3 saturated heterocycles. The van der Waals surface area contributed by atoms with Gasteiger partial charge in [-0.25, -0.2) is 14.5 Å². The fraction of sp³-hybridized carbons (Fsp3) is 0.381. The van der Waals surface area contributed by atoms with E-state index in [1.54, 1.807) is 84.0 Å². The van der Waals surface area contributed by atoms with Crippen LogP contribution in [0.1, 0.15) is 190 Å². The summed E-state index contributed by atoms with van der Waals surface area (Å²) in [5.41, 5.74) is 74.6. The highest BCUT2D eigenvalue weighted by Gasteiger charge is 2.42. The maximum atomic E-state index is 12.8. The summed E-state index contributed by atoms with van der Waals surface area (Å²) < 4.78 is 11.0. The fourth-order valence-corrected chi connectivity index (χ4v) is 16.8. The molecule has 0 atom stereocenters. The molecule has 0 aliphatic carbocycles. The largest absolute Gasteiger partial charge is 0.444 e. The number of ether oxygens (including phenoxy) is 2. The number of rotatable bonds is 22. The van der Waals surface area contributed by atoms with Crippen molar-refractivity contribution in [2.24, 2.45) is 0 Å². The molecule has 0 spiro atoms. The lowest BCUT2D eigenvalue weighted by molar-refractivity contribution is -0.130. The van der Waals surface area contributed by atoms with Crippen molar-refractivity contribution in [3.8, 4) is 0 Å². The van der Waals surface area contributed by atoms with Gasteiger partial charge in [0.15, 0.2) is 0 Å². The minimum Gasteiger partial charge on any atom is -0.444 e. The number of amides is 5. The second-order valence-corrected chi connectivity index (χ2v) is 38.9. The van der Waals surface area contributed by atoms with E-state index in [1.807, 2.05) is 166 Å². The number of carbonyl (C=O) groups excluding carboxylic acids is 5. The van der Waals surface area contributed by atoms with Crippen LogP contribution in [0.4, 0.5) is 77.8 Å². The van der Waals surface area contributed by atoms with Gasteiger partial charge < -0.3 is 97.0 Å². The van der Waals surface area contributed by atoms with E-state index < -0.39 is 17.3 Å². The fourth-order valence-electron chi connectivity index (χ4n) is 16.8. The Labute approximate surface area is 770 Å². The first kappa shape index (κ1) is 101. The molecule has 13 rings (SSSR count).